The predicted molar refractivity (Wildman–Crippen MR) is 459 cm³/mol. The second kappa shape index (κ2) is 68.5. The predicted octanol–water partition coefficient (Wildman–Crippen LogP) is 11.9. The molecule has 3 rings (SSSR count). The quantitative estimate of drug-likeness (QED) is 0.00807. The summed E-state index contributed by atoms with van der Waals surface area (Å²) in [6.45, 7) is 16.6. The first-order valence-electron chi connectivity index (χ1n) is 42.8. The first-order chi connectivity index (χ1) is 57.4. The van der Waals surface area contributed by atoms with Crippen molar-refractivity contribution >= 4 is 92.1 Å². The van der Waals surface area contributed by atoms with Crippen LogP contribution in [0.15, 0.2) is 29.6 Å². The van der Waals surface area contributed by atoms with Crippen LogP contribution in [0, 0.1) is 29.5 Å². The van der Waals surface area contributed by atoms with Crippen LogP contribution < -0.4 is 10.6 Å². The number of ether oxygens (including phenoxy) is 10. The number of rotatable bonds is 66. The molecule has 3 amide bonds. The highest BCUT2D eigenvalue weighted by molar-refractivity contribution is 8.76. The standard InChI is InChI=1S/C67H108FN5O14S3.C12H22O7.C7H16O4/c1-11-47(5)63(71-65(81)56-28-22-23-34-72(56)8)67(82)73(9)57(46(3)4)41-59(86-49(7)75)66-70-55(45-88-66)58(77)40-51(39-50-30-32-52(68)33-31-50)38-48(6)64(80)69-42-61(79)84-35-37-90-89-36-24-20-18-16-14-13-15-17-19-21-26-53(76)27-25-29-60(78)85-44-62(83-10)87-54(12-2)43-74;1-3-9(7-13)19-12(17-2)8-18-11(16)6-4-5-10(14)15;1-3-6(4-8)11-7(5-9)10-2/h30-33,45-48,51,54,56-57,59,62-63,74H,11-29,34-44H2,1-10H3,(H,69,80)(H,71,81);9,12-13H,3-8H2,1-2H3,(H,14,15);6-9H,3-5H2,1-2H3/t47-,48-,51+,54?,56+,57+,59+,62?,63?;;/m0../s1. The molecule has 7 unspecified atom stereocenters. The SMILES string of the molecule is CCC(CO)OC(CO)OC.CCC(CO)OC(COC(=O)CCCC(=O)CCCCCCCCCCCCSSCCOC(=O)CNC(=O)[C@@H](C)C[C@@H](CC(=O)c1csc([C@@H](C[C@H](C(C)C)N(C)C(=O)C(NC(=O)[C@H]2CCCCN2C)[C@@H](C)CC)OC(C)=O)n1)Cc1ccc(F)cc1)OC.CCC(CO)OC(COC(=O)CCCC(=O)O)OC. The van der Waals surface area contributed by atoms with Gasteiger partial charge in [0.05, 0.1) is 50.8 Å². The number of aliphatic hydroxyl groups is 4. The molecule has 30 nitrogen and oxygen atoms in total. The van der Waals surface area contributed by atoms with Crippen LogP contribution in [0.25, 0.3) is 0 Å². The van der Waals surface area contributed by atoms with Crippen LogP contribution in [0.4, 0.5) is 4.39 Å². The van der Waals surface area contributed by atoms with E-state index >= 15 is 0 Å². The molecule has 0 radical (unpaired) electrons. The van der Waals surface area contributed by atoms with Crippen LogP contribution in [-0.2, 0) is 96.9 Å². The number of hydrogen-bond donors (Lipinski definition) is 7. The molecular weight excluding hydrogens is 1620 g/mol. The van der Waals surface area contributed by atoms with E-state index in [2.05, 4.69) is 10.6 Å². The second-order valence-electron chi connectivity index (χ2n) is 30.6. The number of carbonyl (C=O) groups is 10. The monoisotopic (exact) mass is 1760 g/mol. The molecule has 13 atom stereocenters. The van der Waals surface area contributed by atoms with Gasteiger partial charge < -0.3 is 88.4 Å². The number of halogens is 1. The number of aliphatic hydroxyl groups excluding tert-OH is 4. The molecule has 34 heteroatoms. The minimum absolute atomic E-state index is 0.00412. The lowest BCUT2D eigenvalue weighted by atomic mass is 9.86. The minimum Gasteiger partial charge on any atom is -0.481 e. The number of Topliss-reactive ketones (excluding diaryl/α,β-unsaturated/α-hetero) is 2. The van der Waals surface area contributed by atoms with Crippen molar-refractivity contribution in [2.75, 3.05) is 106 Å². The lowest BCUT2D eigenvalue weighted by Crippen LogP contribution is -2.58. The number of ketones is 2. The van der Waals surface area contributed by atoms with E-state index in [9.17, 15) is 57.4 Å². The third-order valence-corrected chi connectivity index (χ3v) is 23.9. The van der Waals surface area contributed by atoms with Gasteiger partial charge in [-0.1, -0.05) is 153 Å². The van der Waals surface area contributed by atoms with Crippen molar-refractivity contribution in [2.45, 2.75) is 304 Å². The lowest BCUT2D eigenvalue weighted by Gasteiger charge is -2.38. The average molecular weight is 1770 g/mol. The van der Waals surface area contributed by atoms with Gasteiger partial charge in [0.1, 0.15) is 54.7 Å². The Bertz CT molecular complexity index is 3120. The summed E-state index contributed by atoms with van der Waals surface area (Å²) in [6, 6.07) is 4.49. The van der Waals surface area contributed by atoms with Gasteiger partial charge in [-0.15, -0.1) is 11.3 Å². The minimum atomic E-state index is -0.945. The Hall–Kier alpha value is -5.86. The number of likely N-dealkylation sites (tertiary alicyclic amines) is 1. The molecule has 7 N–H and O–H groups in total. The first kappa shape index (κ1) is 112. The van der Waals surface area contributed by atoms with E-state index in [4.69, 9.17) is 72.8 Å². The number of carbonyl (C=O) groups excluding carboxylic acids is 9. The highest BCUT2D eigenvalue weighted by Crippen LogP contribution is 2.33. The number of unbranched alkanes of at least 4 members (excludes halogenated alkanes) is 9. The molecule has 690 valence electrons. The zero-order chi connectivity index (χ0) is 89.7. The fourth-order valence-corrected chi connectivity index (χ4v) is 15.7. The van der Waals surface area contributed by atoms with E-state index in [0.29, 0.717) is 62.1 Å². The largest absolute Gasteiger partial charge is 0.481 e. The van der Waals surface area contributed by atoms with E-state index in [1.807, 2.05) is 60.4 Å². The van der Waals surface area contributed by atoms with Gasteiger partial charge >= 0.3 is 29.8 Å². The number of amides is 3. The van der Waals surface area contributed by atoms with Crippen LogP contribution in [-0.4, -0.2) is 261 Å². The summed E-state index contributed by atoms with van der Waals surface area (Å²) in [5.41, 5.74) is 0.949. The summed E-state index contributed by atoms with van der Waals surface area (Å²) in [5.74, 6) is -3.82. The van der Waals surface area contributed by atoms with E-state index < -0.39 is 78.6 Å². The Kier molecular flexibility index (Phi) is 64.0. The maximum absolute atomic E-state index is 14.4. The zero-order valence-electron chi connectivity index (χ0n) is 73.9. The number of likely N-dealkylation sites (N-methyl/N-ethyl adjacent to an activating group) is 2. The van der Waals surface area contributed by atoms with Crippen molar-refractivity contribution in [1.82, 2.24) is 25.4 Å². The summed E-state index contributed by atoms with van der Waals surface area (Å²) in [4.78, 5) is 135. The van der Waals surface area contributed by atoms with Crippen molar-refractivity contribution in [2.24, 2.45) is 23.7 Å². The molecule has 0 aliphatic carbocycles. The van der Waals surface area contributed by atoms with E-state index in [-0.39, 0.29) is 175 Å². The zero-order valence-corrected chi connectivity index (χ0v) is 76.3. The van der Waals surface area contributed by atoms with E-state index in [1.165, 1.54) is 77.4 Å². The Morgan fingerprint density at radius 3 is 1.67 bits per heavy atom. The number of esters is 4. The Morgan fingerprint density at radius 2 is 1.17 bits per heavy atom. The summed E-state index contributed by atoms with van der Waals surface area (Å²) < 4.78 is 66.2. The molecular formula is C86H146FN5O25S3. The molecule has 2 heterocycles. The van der Waals surface area contributed by atoms with Gasteiger partial charge in [-0.3, -0.25) is 52.8 Å². The maximum atomic E-state index is 14.4. The van der Waals surface area contributed by atoms with Gasteiger partial charge in [0.25, 0.3) is 0 Å². The lowest BCUT2D eigenvalue weighted by molar-refractivity contribution is -0.194. The van der Waals surface area contributed by atoms with Crippen molar-refractivity contribution in [3.63, 3.8) is 0 Å². The fraction of sp³-hybridized carbons (Fsp3) is 0.779. The molecule has 1 fully saturated rings. The number of piperidine rings is 1. The smallest absolute Gasteiger partial charge is 0.325 e. The molecule has 1 aliphatic heterocycles. The van der Waals surface area contributed by atoms with Gasteiger partial charge in [-0.05, 0) is 120 Å². The van der Waals surface area contributed by atoms with Gasteiger partial charge in [0.15, 0.2) is 30.8 Å². The number of carboxylic acids is 1. The Labute approximate surface area is 724 Å². The maximum Gasteiger partial charge on any atom is 0.325 e. The summed E-state index contributed by atoms with van der Waals surface area (Å²) >= 11 is 1.18. The molecule has 1 aliphatic rings. The normalized spacial score (nSPS) is 15.8. The van der Waals surface area contributed by atoms with Gasteiger partial charge in [-0.25, -0.2) is 9.37 Å². The molecule has 0 bridgehead atoms. The number of nitrogens with zero attached hydrogens (tertiary/aromatic N) is 3. The van der Waals surface area contributed by atoms with Gasteiger partial charge in [0, 0.05) is 109 Å². The molecule has 2 aromatic rings. The van der Waals surface area contributed by atoms with Crippen LogP contribution in [0.2, 0.25) is 0 Å². The van der Waals surface area contributed by atoms with Crippen LogP contribution in [0.5, 0.6) is 0 Å². The Balaban J connectivity index is 0.00000200. The summed E-state index contributed by atoms with van der Waals surface area (Å²) in [7, 11) is 11.4. The van der Waals surface area contributed by atoms with Crippen molar-refractivity contribution in [3.8, 4) is 0 Å². The van der Waals surface area contributed by atoms with Crippen molar-refractivity contribution in [3.05, 3.63) is 51.7 Å². The molecule has 1 saturated heterocycles. The molecule has 120 heavy (non-hydrogen) atoms. The van der Waals surface area contributed by atoms with Crippen molar-refractivity contribution in [1.29, 1.82) is 0 Å². The number of carboxylic acid groups (broad SMARTS) is 1. The highest BCUT2D eigenvalue weighted by atomic mass is 33.1. The van der Waals surface area contributed by atoms with E-state index in [0.717, 1.165) is 75.6 Å². The second-order valence-corrected chi connectivity index (χ2v) is 34.2. The number of methoxy groups -OCH3 is 3. The number of thiazole rings is 1. The summed E-state index contributed by atoms with van der Waals surface area (Å²) in [6.07, 6.45) is 15.1. The molecule has 1 aromatic carbocycles. The molecule has 0 spiro atoms. The van der Waals surface area contributed by atoms with Crippen LogP contribution >= 0.6 is 32.9 Å². The first-order valence-corrected chi connectivity index (χ1v) is 46.2. The number of benzene rings is 1. The van der Waals surface area contributed by atoms with Crippen LogP contribution in [0.1, 0.15) is 263 Å². The Morgan fingerprint density at radius 1 is 0.642 bits per heavy atom. The van der Waals surface area contributed by atoms with Gasteiger partial charge in [0.2, 0.25) is 17.7 Å². The van der Waals surface area contributed by atoms with Crippen LogP contribution in [0.3, 0.4) is 0 Å². The number of hydrogen-bond acceptors (Lipinski definition) is 29. The van der Waals surface area contributed by atoms with E-state index in [1.54, 1.807) is 58.0 Å². The number of aliphatic carboxylic acids is 1. The molecule has 1 aromatic heterocycles. The number of nitrogens with one attached hydrogen (secondary N) is 2. The highest BCUT2D eigenvalue weighted by Gasteiger charge is 2.38. The molecule has 0 saturated carbocycles. The van der Waals surface area contributed by atoms with Gasteiger partial charge in [-0.2, -0.15) is 0 Å². The summed E-state index contributed by atoms with van der Waals surface area (Å²) in [5, 5.41) is 51.8. The average Bonchev–Trinajstić information content (AvgIpc) is 1.25. The number of aromatic nitrogens is 1. The third kappa shape index (κ3) is 50.8. The fourth-order valence-electron chi connectivity index (χ4n) is 12.9. The third-order valence-electron chi connectivity index (χ3n) is 20.5. The van der Waals surface area contributed by atoms with Crippen molar-refractivity contribution < 1.29 is 125 Å². The topological polar surface area (TPSA) is 408 Å².